The summed E-state index contributed by atoms with van der Waals surface area (Å²) in [6.07, 6.45) is 0. The molecule has 1 aliphatic rings. The molecule has 3 heteroatoms. The third kappa shape index (κ3) is 2.25. The van der Waals surface area contributed by atoms with Crippen molar-refractivity contribution < 1.29 is 0 Å². The molecule has 3 aromatic rings. The number of para-hydroxylation sites is 1. The van der Waals surface area contributed by atoms with Gasteiger partial charge in [0.2, 0.25) is 0 Å². The summed E-state index contributed by atoms with van der Waals surface area (Å²) in [7, 11) is 0. The molecule has 0 saturated heterocycles. The quantitative estimate of drug-likeness (QED) is 0.782. The van der Waals surface area contributed by atoms with Crippen LogP contribution in [0.15, 0.2) is 59.6 Å². The van der Waals surface area contributed by atoms with Crippen LogP contribution in [-0.2, 0) is 0 Å². The van der Waals surface area contributed by atoms with Gasteiger partial charge in [-0.05, 0) is 19.1 Å². The predicted octanol–water partition coefficient (Wildman–Crippen LogP) is 3.56. The monoisotopic (exact) mass is 287 g/mol. The topological polar surface area (TPSA) is 37.3 Å². The number of rotatable bonds is 2. The summed E-state index contributed by atoms with van der Waals surface area (Å²) in [5.74, 6) is 0.953. The van der Waals surface area contributed by atoms with E-state index in [9.17, 15) is 0 Å². The van der Waals surface area contributed by atoms with Crippen LogP contribution in [-0.4, -0.2) is 23.9 Å². The number of aromatic nitrogens is 1. The third-order valence-corrected chi connectivity index (χ3v) is 3.98. The lowest BCUT2D eigenvalue weighted by molar-refractivity contribution is 0.960. The van der Waals surface area contributed by atoms with Crippen molar-refractivity contribution in [1.29, 1.82) is 0 Å². The molecular weight excluding hydrogens is 270 g/mol. The summed E-state index contributed by atoms with van der Waals surface area (Å²) in [5, 5.41) is 4.51. The van der Waals surface area contributed by atoms with Crippen molar-refractivity contribution >= 4 is 16.7 Å². The van der Waals surface area contributed by atoms with Gasteiger partial charge in [-0.25, -0.2) is 4.98 Å². The Morgan fingerprint density at radius 1 is 1.00 bits per heavy atom. The molecule has 0 radical (unpaired) electrons. The Morgan fingerprint density at radius 2 is 1.82 bits per heavy atom. The van der Waals surface area contributed by atoms with Gasteiger partial charge in [-0.3, -0.25) is 4.99 Å². The molecule has 108 valence electrons. The lowest BCUT2D eigenvalue weighted by atomic mass is 10.0. The van der Waals surface area contributed by atoms with Crippen LogP contribution in [0.25, 0.3) is 22.2 Å². The van der Waals surface area contributed by atoms with Gasteiger partial charge in [0.15, 0.2) is 0 Å². The molecule has 1 N–H and O–H groups in total. The normalized spacial score (nSPS) is 14.0. The molecule has 4 rings (SSSR count). The van der Waals surface area contributed by atoms with Crippen molar-refractivity contribution in [2.75, 3.05) is 13.1 Å². The first-order chi connectivity index (χ1) is 10.8. The second-order valence-corrected chi connectivity index (χ2v) is 5.60. The molecule has 2 heterocycles. The number of pyridine rings is 1. The van der Waals surface area contributed by atoms with E-state index in [1.54, 1.807) is 0 Å². The summed E-state index contributed by atoms with van der Waals surface area (Å²) in [6.45, 7) is 3.83. The minimum absolute atomic E-state index is 0.829. The SMILES string of the molecule is Cc1ccc(-c2nc3ccccc3cc2C2=NCCN2)cc1. The van der Waals surface area contributed by atoms with E-state index in [1.807, 2.05) is 12.1 Å². The highest BCUT2D eigenvalue weighted by atomic mass is 15.1. The molecule has 0 fully saturated rings. The maximum absolute atomic E-state index is 4.90. The van der Waals surface area contributed by atoms with Gasteiger partial charge in [-0.15, -0.1) is 0 Å². The van der Waals surface area contributed by atoms with Gasteiger partial charge in [0.1, 0.15) is 5.84 Å². The van der Waals surface area contributed by atoms with E-state index in [1.165, 1.54) is 5.56 Å². The number of nitrogens with zero attached hydrogens (tertiary/aromatic N) is 2. The van der Waals surface area contributed by atoms with Crippen molar-refractivity contribution in [2.45, 2.75) is 6.92 Å². The van der Waals surface area contributed by atoms with Crippen molar-refractivity contribution in [3.63, 3.8) is 0 Å². The van der Waals surface area contributed by atoms with Gasteiger partial charge in [0, 0.05) is 23.1 Å². The minimum Gasteiger partial charge on any atom is -0.368 e. The van der Waals surface area contributed by atoms with E-state index >= 15 is 0 Å². The molecular formula is C19H17N3. The molecule has 0 aliphatic carbocycles. The Balaban J connectivity index is 1.97. The fourth-order valence-corrected chi connectivity index (χ4v) is 2.81. The standard InChI is InChI=1S/C19H17N3/c1-13-6-8-14(9-7-13)18-16(19-20-10-11-21-19)12-15-4-2-3-5-17(15)22-18/h2-9,12H,10-11H2,1H3,(H,20,21). The largest absolute Gasteiger partial charge is 0.368 e. The highest BCUT2D eigenvalue weighted by molar-refractivity contribution is 6.07. The molecule has 0 bridgehead atoms. The van der Waals surface area contributed by atoms with Gasteiger partial charge in [0.25, 0.3) is 0 Å². The van der Waals surface area contributed by atoms with Crippen LogP contribution >= 0.6 is 0 Å². The molecule has 3 nitrogen and oxygen atoms in total. The molecule has 0 atom stereocenters. The van der Waals surface area contributed by atoms with Gasteiger partial charge in [0.05, 0.1) is 17.8 Å². The Morgan fingerprint density at radius 3 is 2.59 bits per heavy atom. The Labute approximate surface area is 129 Å². The van der Waals surface area contributed by atoms with Crippen LogP contribution in [0.4, 0.5) is 0 Å². The van der Waals surface area contributed by atoms with Gasteiger partial charge >= 0.3 is 0 Å². The lowest BCUT2D eigenvalue weighted by Crippen LogP contribution is -2.20. The molecule has 0 amide bonds. The van der Waals surface area contributed by atoms with Crippen LogP contribution in [0.1, 0.15) is 11.1 Å². The molecule has 1 aliphatic heterocycles. The number of fused-ring (bicyclic) bond motifs is 1. The highest BCUT2D eigenvalue weighted by Gasteiger charge is 2.16. The maximum atomic E-state index is 4.90. The second kappa shape index (κ2) is 5.26. The molecule has 0 spiro atoms. The van der Waals surface area contributed by atoms with Crippen molar-refractivity contribution in [2.24, 2.45) is 4.99 Å². The second-order valence-electron chi connectivity index (χ2n) is 5.60. The number of nitrogens with one attached hydrogen (secondary N) is 1. The highest BCUT2D eigenvalue weighted by Crippen LogP contribution is 2.26. The lowest BCUT2D eigenvalue weighted by Gasteiger charge is -2.12. The Kier molecular flexibility index (Phi) is 3.11. The van der Waals surface area contributed by atoms with E-state index in [2.05, 4.69) is 59.7 Å². The zero-order valence-electron chi connectivity index (χ0n) is 12.5. The molecule has 1 aromatic heterocycles. The number of amidine groups is 1. The minimum atomic E-state index is 0.829. The number of aryl methyl sites for hydroxylation is 1. The molecule has 22 heavy (non-hydrogen) atoms. The number of hydrogen-bond acceptors (Lipinski definition) is 3. The summed E-state index contributed by atoms with van der Waals surface area (Å²) in [6, 6.07) is 18.9. The van der Waals surface area contributed by atoms with Crippen LogP contribution in [0.5, 0.6) is 0 Å². The van der Waals surface area contributed by atoms with Crippen molar-refractivity contribution in [3.8, 4) is 11.3 Å². The molecule has 2 aromatic carbocycles. The first-order valence-electron chi connectivity index (χ1n) is 7.57. The fourth-order valence-electron chi connectivity index (χ4n) is 2.81. The number of aliphatic imine (C=N–C) groups is 1. The van der Waals surface area contributed by atoms with E-state index in [0.717, 1.165) is 46.6 Å². The fraction of sp³-hybridized carbons (Fsp3) is 0.158. The summed E-state index contributed by atoms with van der Waals surface area (Å²) < 4.78 is 0. The van der Waals surface area contributed by atoms with E-state index in [-0.39, 0.29) is 0 Å². The van der Waals surface area contributed by atoms with Gasteiger partial charge < -0.3 is 5.32 Å². The van der Waals surface area contributed by atoms with Crippen molar-refractivity contribution in [3.05, 3.63) is 65.7 Å². The number of hydrogen-bond donors (Lipinski definition) is 1. The van der Waals surface area contributed by atoms with Crippen LogP contribution < -0.4 is 5.32 Å². The van der Waals surface area contributed by atoms with Crippen molar-refractivity contribution in [1.82, 2.24) is 10.3 Å². The summed E-state index contributed by atoms with van der Waals surface area (Å²) in [4.78, 5) is 9.48. The number of benzene rings is 2. The average molecular weight is 287 g/mol. The van der Waals surface area contributed by atoms with Gasteiger partial charge in [-0.1, -0.05) is 48.0 Å². The first kappa shape index (κ1) is 13.0. The molecule has 0 unspecified atom stereocenters. The Hall–Kier alpha value is -2.68. The van der Waals surface area contributed by atoms with Crippen LogP contribution in [0, 0.1) is 6.92 Å². The molecule has 0 saturated carbocycles. The Bertz CT molecular complexity index is 863. The summed E-state index contributed by atoms with van der Waals surface area (Å²) in [5.41, 5.74) is 5.47. The van der Waals surface area contributed by atoms with E-state index in [0.29, 0.717) is 0 Å². The predicted molar refractivity (Wildman–Crippen MR) is 91.3 cm³/mol. The average Bonchev–Trinajstić information content (AvgIpc) is 3.09. The zero-order chi connectivity index (χ0) is 14.9. The van der Waals surface area contributed by atoms with Gasteiger partial charge in [-0.2, -0.15) is 0 Å². The smallest absolute Gasteiger partial charge is 0.130 e. The van der Waals surface area contributed by atoms with Crippen LogP contribution in [0.3, 0.4) is 0 Å². The zero-order valence-corrected chi connectivity index (χ0v) is 12.5. The maximum Gasteiger partial charge on any atom is 0.130 e. The third-order valence-electron chi connectivity index (χ3n) is 3.98. The summed E-state index contributed by atoms with van der Waals surface area (Å²) >= 11 is 0. The van der Waals surface area contributed by atoms with E-state index in [4.69, 9.17) is 4.98 Å². The van der Waals surface area contributed by atoms with E-state index < -0.39 is 0 Å². The first-order valence-corrected chi connectivity index (χ1v) is 7.57. The van der Waals surface area contributed by atoms with Crippen LogP contribution in [0.2, 0.25) is 0 Å².